The van der Waals surface area contributed by atoms with Gasteiger partial charge in [-0.3, -0.25) is 4.79 Å². The van der Waals surface area contributed by atoms with Gasteiger partial charge >= 0.3 is 12.0 Å². The fraction of sp³-hybridized carbons (Fsp3) is 0.700. The number of hydrogen-bond acceptors (Lipinski definition) is 4. The minimum atomic E-state index is -1.20. The van der Waals surface area contributed by atoms with Crippen LogP contribution in [0.3, 0.4) is 0 Å². The van der Waals surface area contributed by atoms with Crippen LogP contribution in [0.2, 0.25) is 0 Å². The van der Waals surface area contributed by atoms with Crippen LogP contribution < -0.4 is 16.4 Å². The van der Waals surface area contributed by atoms with Crippen LogP contribution in [0.5, 0.6) is 0 Å². The highest BCUT2D eigenvalue weighted by Gasteiger charge is 2.20. The fourth-order valence-electron chi connectivity index (χ4n) is 1.15. The van der Waals surface area contributed by atoms with E-state index in [-0.39, 0.29) is 12.8 Å². The molecule has 18 heavy (non-hydrogen) atoms. The molecule has 104 valence electrons. The molecule has 0 aliphatic rings. The van der Waals surface area contributed by atoms with E-state index in [9.17, 15) is 14.4 Å². The van der Waals surface area contributed by atoms with Crippen LogP contribution in [0, 0.1) is 0 Å². The lowest BCUT2D eigenvalue weighted by molar-refractivity contribution is -0.139. The van der Waals surface area contributed by atoms with Crippen molar-refractivity contribution in [3.63, 3.8) is 0 Å². The monoisotopic (exact) mass is 260 g/mol. The number of rotatable bonds is 8. The summed E-state index contributed by atoms with van der Waals surface area (Å²) in [6, 6.07) is -1.69. The van der Waals surface area contributed by atoms with Gasteiger partial charge in [-0.05, 0) is 20.5 Å². The number of amides is 3. The smallest absolute Gasteiger partial charge is 0.326 e. The molecule has 0 aliphatic heterocycles. The molecule has 0 saturated carbocycles. The van der Waals surface area contributed by atoms with Crippen molar-refractivity contribution >= 4 is 17.9 Å². The first-order valence-electron chi connectivity index (χ1n) is 5.53. The molecule has 0 spiro atoms. The van der Waals surface area contributed by atoms with Crippen molar-refractivity contribution in [1.82, 2.24) is 15.5 Å². The summed E-state index contributed by atoms with van der Waals surface area (Å²) in [6.07, 6.45) is -0.110. The molecule has 1 atom stereocenters. The highest BCUT2D eigenvalue weighted by molar-refractivity contribution is 5.83. The number of carboxylic acids is 1. The Labute approximate surface area is 106 Å². The highest BCUT2D eigenvalue weighted by Crippen LogP contribution is 1.97. The minimum absolute atomic E-state index is 0.0221. The number of hydrogen-bond donors (Lipinski definition) is 4. The van der Waals surface area contributed by atoms with Crippen LogP contribution in [0.25, 0.3) is 0 Å². The zero-order valence-electron chi connectivity index (χ0n) is 10.6. The quantitative estimate of drug-likeness (QED) is 0.425. The van der Waals surface area contributed by atoms with Gasteiger partial charge in [-0.15, -0.1) is 0 Å². The number of urea groups is 1. The Kier molecular flexibility index (Phi) is 7.45. The second-order valence-corrected chi connectivity index (χ2v) is 4.10. The van der Waals surface area contributed by atoms with Gasteiger partial charge in [0.2, 0.25) is 5.91 Å². The van der Waals surface area contributed by atoms with E-state index in [0.29, 0.717) is 13.1 Å². The third-order valence-corrected chi connectivity index (χ3v) is 2.13. The minimum Gasteiger partial charge on any atom is -0.480 e. The molecule has 5 N–H and O–H groups in total. The SMILES string of the molecule is CN(C)CCNC(=O)N[C@H](CCC(N)=O)C(=O)O. The predicted octanol–water partition coefficient (Wildman–Crippen LogP) is -1.43. The molecule has 0 aromatic heterocycles. The summed E-state index contributed by atoms with van der Waals surface area (Å²) in [5, 5.41) is 13.6. The third-order valence-electron chi connectivity index (χ3n) is 2.13. The molecule has 0 aromatic carbocycles. The van der Waals surface area contributed by atoms with Crippen LogP contribution in [-0.4, -0.2) is 61.1 Å². The number of primary amides is 1. The number of carbonyl (C=O) groups excluding carboxylic acids is 2. The van der Waals surface area contributed by atoms with E-state index in [0.717, 1.165) is 0 Å². The highest BCUT2D eigenvalue weighted by atomic mass is 16.4. The molecule has 0 radical (unpaired) electrons. The van der Waals surface area contributed by atoms with Gasteiger partial charge in [-0.2, -0.15) is 0 Å². The van der Waals surface area contributed by atoms with Crippen molar-refractivity contribution in [2.45, 2.75) is 18.9 Å². The molecule has 0 aromatic rings. The summed E-state index contributed by atoms with van der Waals surface area (Å²) < 4.78 is 0. The number of likely N-dealkylation sites (N-methyl/N-ethyl adjacent to an activating group) is 1. The summed E-state index contributed by atoms with van der Waals surface area (Å²) in [5.74, 6) is -1.80. The van der Waals surface area contributed by atoms with Gasteiger partial charge in [0.15, 0.2) is 0 Å². The molecule has 3 amide bonds. The zero-order valence-corrected chi connectivity index (χ0v) is 10.6. The Morgan fingerprint density at radius 2 is 1.94 bits per heavy atom. The Morgan fingerprint density at radius 3 is 2.39 bits per heavy atom. The average Bonchev–Trinajstić information content (AvgIpc) is 2.22. The second kappa shape index (κ2) is 8.29. The summed E-state index contributed by atoms with van der Waals surface area (Å²) >= 11 is 0. The van der Waals surface area contributed by atoms with Crippen molar-refractivity contribution in [1.29, 1.82) is 0 Å². The molecular formula is C10H20N4O4. The van der Waals surface area contributed by atoms with E-state index in [1.807, 2.05) is 19.0 Å². The topological polar surface area (TPSA) is 125 Å². The molecule has 0 heterocycles. The predicted molar refractivity (Wildman–Crippen MR) is 64.9 cm³/mol. The maximum Gasteiger partial charge on any atom is 0.326 e. The van der Waals surface area contributed by atoms with Crippen LogP contribution in [0.1, 0.15) is 12.8 Å². The number of nitrogens with one attached hydrogen (secondary N) is 2. The lowest BCUT2D eigenvalue weighted by Crippen LogP contribution is -2.47. The molecule has 0 unspecified atom stereocenters. The van der Waals surface area contributed by atoms with Gasteiger partial charge in [-0.1, -0.05) is 0 Å². The third kappa shape index (κ3) is 8.34. The first kappa shape index (κ1) is 16.2. The standard InChI is InChI=1S/C10H20N4O4/c1-14(2)6-5-12-10(18)13-7(9(16)17)3-4-8(11)15/h7H,3-6H2,1-2H3,(H2,11,15)(H,16,17)(H2,12,13,18)/t7-/m1/s1. The van der Waals surface area contributed by atoms with Gasteiger partial charge in [0.1, 0.15) is 6.04 Å². The van der Waals surface area contributed by atoms with Crippen molar-refractivity contribution < 1.29 is 19.5 Å². The Morgan fingerprint density at radius 1 is 1.33 bits per heavy atom. The van der Waals surface area contributed by atoms with Crippen LogP contribution in [0.15, 0.2) is 0 Å². The molecule has 0 bridgehead atoms. The van der Waals surface area contributed by atoms with Gasteiger partial charge in [-0.25, -0.2) is 9.59 Å². The van der Waals surface area contributed by atoms with Crippen LogP contribution in [-0.2, 0) is 9.59 Å². The maximum absolute atomic E-state index is 11.4. The van der Waals surface area contributed by atoms with E-state index >= 15 is 0 Å². The van der Waals surface area contributed by atoms with E-state index in [1.165, 1.54) is 0 Å². The molecular weight excluding hydrogens is 240 g/mol. The normalized spacial score (nSPS) is 11.9. The van der Waals surface area contributed by atoms with E-state index in [4.69, 9.17) is 10.8 Å². The number of carbonyl (C=O) groups is 3. The number of nitrogens with zero attached hydrogens (tertiary/aromatic N) is 1. The lowest BCUT2D eigenvalue weighted by atomic mass is 10.1. The van der Waals surface area contributed by atoms with Gasteiger partial charge in [0.25, 0.3) is 0 Å². The Hall–Kier alpha value is -1.83. The second-order valence-electron chi connectivity index (χ2n) is 4.10. The van der Waals surface area contributed by atoms with E-state index in [2.05, 4.69) is 10.6 Å². The zero-order chi connectivity index (χ0) is 14.1. The molecule has 0 fully saturated rings. The van der Waals surface area contributed by atoms with Gasteiger partial charge in [0, 0.05) is 19.5 Å². The fourth-order valence-corrected chi connectivity index (χ4v) is 1.15. The van der Waals surface area contributed by atoms with Crippen molar-refractivity contribution in [3.8, 4) is 0 Å². The van der Waals surface area contributed by atoms with Crippen molar-refractivity contribution in [2.75, 3.05) is 27.2 Å². The van der Waals surface area contributed by atoms with Crippen molar-refractivity contribution in [2.24, 2.45) is 5.73 Å². The van der Waals surface area contributed by atoms with Crippen LogP contribution in [0.4, 0.5) is 4.79 Å². The summed E-state index contributed by atoms with van der Waals surface area (Å²) in [4.78, 5) is 34.6. The molecule has 0 saturated heterocycles. The number of aliphatic carboxylic acids is 1. The van der Waals surface area contributed by atoms with Crippen molar-refractivity contribution in [3.05, 3.63) is 0 Å². The van der Waals surface area contributed by atoms with E-state index < -0.39 is 23.9 Å². The summed E-state index contributed by atoms with van der Waals surface area (Å²) in [6.45, 7) is 1.05. The first-order chi connectivity index (χ1) is 8.32. The van der Waals surface area contributed by atoms with Gasteiger partial charge < -0.3 is 26.4 Å². The average molecular weight is 260 g/mol. The maximum atomic E-state index is 11.4. The summed E-state index contributed by atoms with van der Waals surface area (Å²) in [5.41, 5.74) is 4.92. The first-order valence-corrected chi connectivity index (χ1v) is 5.53. The number of carboxylic acid groups (broad SMARTS) is 1. The van der Waals surface area contributed by atoms with Gasteiger partial charge in [0.05, 0.1) is 0 Å². The summed E-state index contributed by atoms with van der Waals surface area (Å²) in [7, 11) is 3.71. The molecule has 8 heteroatoms. The molecule has 8 nitrogen and oxygen atoms in total. The molecule has 0 rings (SSSR count). The lowest BCUT2D eigenvalue weighted by Gasteiger charge is -2.15. The molecule has 0 aliphatic carbocycles. The van der Waals surface area contributed by atoms with E-state index in [1.54, 1.807) is 0 Å². The Bertz CT molecular complexity index is 306. The Balaban J connectivity index is 4.04. The largest absolute Gasteiger partial charge is 0.480 e. The van der Waals surface area contributed by atoms with Crippen LogP contribution >= 0.6 is 0 Å². The number of nitrogens with two attached hydrogens (primary N) is 1.